The van der Waals surface area contributed by atoms with Crippen LogP contribution in [0, 0.1) is 17.8 Å². The summed E-state index contributed by atoms with van der Waals surface area (Å²) in [5.41, 5.74) is 2.55. The molecule has 1 aliphatic carbocycles. The topological polar surface area (TPSA) is 482 Å². The molecule has 4 saturated heterocycles. The fraction of sp³-hybridized carbons (Fsp3) is 0.585. The second-order valence-corrected chi connectivity index (χ2v) is 28.6. The van der Waals surface area contributed by atoms with Gasteiger partial charge in [0.05, 0.1) is 36.6 Å². The molecule has 7 amide bonds. The van der Waals surface area contributed by atoms with Crippen molar-refractivity contribution in [1.29, 1.82) is 0 Å². The van der Waals surface area contributed by atoms with Gasteiger partial charge in [-0.15, -0.1) is 10.2 Å². The molecule has 34 heteroatoms. The Morgan fingerprint density at radius 3 is 1.96 bits per heavy atom. The lowest BCUT2D eigenvalue weighted by molar-refractivity contribution is -0.147. The van der Waals surface area contributed by atoms with Crippen molar-refractivity contribution in [3.05, 3.63) is 77.9 Å². The van der Waals surface area contributed by atoms with Crippen molar-refractivity contribution in [2.75, 3.05) is 77.0 Å². The summed E-state index contributed by atoms with van der Waals surface area (Å²) in [6.07, 6.45) is -7.81. The number of nitrogens with zero attached hydrogens (tertiary/aromatic N) is 6. The maximum atomic E-state index is 15.0. The Kier molecular flexibility index (Phi) is 26.0. The smallest absolute Gasteiger partial charge is 0.266 e. The summed E-state index contributed by atoms with van der Waals surface area (Å²) in [7, 11) is 0. The number of piperazine rings is 1. The van der Waals surface area contributed by atoms with Crippen LogP contribution in [-0.4, -0.2) is 277 Å². The molecule has 0 spiro atoms. The van der Waals surface area contributed by atoms with Crippen LogP contribution in [0.5, 0.6) is 11.5 Å². The minimum Gasteiger partial charge on any atom is -0.504 e. The van der Waals surface area contributed by atoms with E-state index in [-0.39, 0.29) is 37.2 Å². The number of hydrogen-bond acceptors (Lipinski definition) is 26. The van der Waals surface area contributed by atoms with Gasteiger partial charge in [0, 0.05) is 125 Å². The zero-order valence-corrected chi connectivity index (χ0v) is 56.8. The highest BCUT2D eigenvalue weighted by molar-refractivity contribution is 8.15. The maximum absolute atomic E-state index is 15.0. The number of fused-ring (bicyclic) bond motifs is 2. The molecule has 4 aliphatic heterocycles. The first-order chi connectivity index (χ1) is 47.1. The van der Waals surface area contributed by atoms with E-state index in [4.69, 9.17) is 0 Å². The lowest BCUT2D eigenvalue weighted by Crippen LogP contribution is -2.64. The van der Waals surface area contributed by atoms with Crippen LogP contribution in [-0.2, 0) is 35.2 Å². The molecule has 1 unspecified atom stereocenters. The molecule has 5 heterocycles. The molecule has 5 aliphatic rings. The molecule has 32 nitrogen and oxygen atoms in total. The number of phenolic OH excluding ortho intramolecular Hbond substituents is 1. The molecule has 99 heavy (non-hydrogen) atoms. The van der Waals surface area contributed by atoms with E-state index < -0.39 is 194 Å². The molecule has 9 rings (SSSR count). The molecule has 544 valence electrons. The van der Waals surface area contributed by atoms with Crippen LogP contribution >= 0.6 is 22.5 Å². The number of aliphatic hydroxyl groups excluding tert-OH is 8. The molecule has 3 aromatic carbocycles. The van der Waals surface area contributed by atoms with Gasteiger partial charge in [-0.05, 0) is 106 Å². The van der Waals surface area contributed by atoms with Crippen LogP contribution in [0.1, 0.15) is 81.6 Å². The molecule has 18 N–H and O–H groups in total. The number of aromatic hydroxyl groups is 1. The largest absolute Gasteiger partial charge is 0.504 e. The molecule has 0 bridgehead atoms. The van der Waals surface area contributed by atoms with E-state index in [1.165, 1.54) is 62.1 Å². The predicted octanol–water partition coefficient (Wildman–Crippen LogP) is -1.68. The monoisotopic (exact) mass is 1420 g/mol. The maximum Gasteiger partial charge on any atom is 0.266 e. The Morgan fingerprint density at radius 2 is 1.33 bits per heavy atom. The molecule has 0 radical (unpaired) electrons. The average molecular weight is 1430 g/mol. The second-order valence-electron chi connectivity index (χ2n) is 26.5. The number of aromatic nitrogens is 2. The van der Waals surface area contributed by atoms with E-state index in [0.717, 1.165) is 72.2 Å². The fourth-order valence-corrected chi connectivity index (χ4v) is 14.5. The zero-order chi connectivity index (χ0) is 71.6. The van der Waals surface area contributed by atoms with Gasteiger partial charge >= 0.3 is 0 Å². The molecule has 5 fully saturated rings. The minimum atomic E-state index is -4.74. The van der Waals surface area contributed by atoms with E-state index in [1.54, 1.807) is 12.1 Å². The number of benzene rings is 3. The third-order valence-corrected chi connectivity index (χ3v) is 20.5. The third kappa shape index (κ3) is 19.4. The van der Waals surface area contributed by atoms with E-state index in [0.29, 0.717) is 21.6 Å². The quantitative estimate of drug-likeness (QED) is 0.0440. The number of nitrogens with one attached hydrogen (secondary N) is 6. The molecular formula is C65H92N12O20S2. The first-order valence-corrected chi connectivity index (χ1v) is 35.5. The standard InChI is InChI=1S/C65H92N12O20S2/c1-34-4-13-42(14-5-34)74-20-22-75(23-21-74)43-15-11-41(12-16-43)63-73-72-62(98-63)40-9-7-39(8-10-40)57(87)68-46-26-44(81)29-67-61(91)55-56(86)35(2)30-77(55)65(93)54(49(84)18-19-66-28-38(32-78)33-79)71-60(90)53(50(85)24-37-6-17-48(83)51(25-37)97-99(94,95)96)70-59(89)47-27-45(82)31-76(47)64(92)52(36(3)80)69-58(46)88/h6-12,15-17,25,34-36,38,42,44-47,49-50,52-56,66,78-86,94-96H,4-5,13-14,18-24,26-33H2,1-3H3,(H,67,91)(H,68,87)(H,69,88)(H,70,89)(H,71,90)/t34?,35-,36+,42?,44+,45+,46?,47-,49+,50+,52-,53-,54-,55-,56-/m0/s1. The molecule has 1 saturated carbocycles. The van der Waals surface area contributed by atoms with Crippen molar-refractivity contribution in [1.82, 2.24) is 56.8 Å². The van der Waals surface area contributed by atoms with Crippen LogP contribution in [0.4, 0.5) is 5.69 Å². The van der Waals surface area contributed by atoms with Crippen LogP contribution in [0.15, 0.2) is 66.7 Å². The first kappa shape index (κ1) is 75.9. The Morgan fingerprint density at radius 1 is 0.717 bits per heavy atom. The summed E-state index contributed by atoms with van der Waals surface area (Å²) < 4.78 is 33.4. The van der Waals surface area contributed by atoms with Gasteiger partial charge in [-0.2, -0.15) is 0 Å². The fourth-order valence-electron chi connectivity index (χ4n) is 13.3. The second kappa shape index (κ2) is 33.9. The molecular weight excluding hydrogens is 1330 g/mol. The van der Waals surface area contributed by atoms with Gasteiger partial charge in [0.2, 0.25) is 35.4 Å². The van der Waals surface area contributed by atoms with E-state index in [1.807, 2.05) is 12.1 Å². The highest BCUT2D eigenvalue weighted by Crippen LogP contribution is 2.41. The number of anilines is 1. The number of hydrogen-bond donors (Lipinski definition) is 18. The Bertz CT molecular complexity index is 3420. The Labute approximate surface area is 577 Å². The Hall–Kier alpha value is -7.26. The van der Waals surface area contributed by atoms with Gasteiger partial charge in [0.25, 0.3) is 17.1 Å². The van der Waals surface area contributed by atoms with Crippen LogP contribution in [0.25, 0.3) is 21.1 Å². The van der Waals surface area contributed by atoms with Crippen LogP contribution in [0.2, 0.25) is 0 Å². The van der Waals surface area contributed by atoms with Crippen LogP contribution < -0.4 is 41.0 Å². The van der Waals surface area contributed by atoms with Gasteiger partial charge in [0.1, 0.15) is 46.3 Å². The van der Waals surface area contributed by atoms with Crippen molar-refractivity contribution < 1.29 is 97.4 Å². The van der Waals surface area contributed by atoms with E-state index in [2.05, 4.69) is 75.1 Å². The summed E-state index contributed by atoms with van der Waals surface area (Å²) in [5.74, 6) is -10.2. The number of rotatable bonds is 20. The average Bonchev–Trinajstić information content (AvgIpc) is 1.69. The molecule has 1 aromatic heterocycles. The molecule has 4 aromatic rings. The van der Waals surface area contributed by atoms with Gasteiger partial charge in [-0.3, -0.25) is 52.1 Å². The molecule has 13 atom stereocenters. The summed E-state index contributed by atoms with van der Waals surface area (Å²) in [6, 6.07) is 6.50. The van der Waals surface area contributed by atoms with Gasteiger partial charge in [-0.25, -0.2) is 0 Å². The van der Waals surface area contributed by atoms with E-state index >= 15 is 4.79 Å². The lowest BCUT2D eigenvalue weighted by atomic mass is 9.86. The zero-order valence-electron chi connectivity index (χ0n) is 55.2. The Balaban J connectivity index is 0.967. The summed E-state index contributed by atoms with van der Waals surface area (Å²) in [4.78, 5) is 109. The summed E-state index contributed by atoms with van der Waals surface area (Å²) in [5, 5.41) is 124. The number of aliphatic hydroxyl groups is 8. The number of β-amino-alcohol motifs (C(OH)–C–C–N with tert-alkyl or cyclic N) is 1. The number of carbonyl (C=O) groups excluding carboxylic acids is 7. The van der Waals surface area contributed by atoms with E-state index in [9.17, 15) is 88.4 Å². The number of amides is 7. The van der Waals surface area contributed by atoms with Gasteiger partial charge < -0.3 is 96.7 Å². The van der Waals surface area contributed by atoms with Crippen LogP contribution in [0.3, 0.4) is 0 Å². The number of carbonyl (C=O) groups is 7. The first-order valence-electron chi connectivity index (χ1n) is 33.3. The summed E-state index contributed by atoms with van der Waals surface area (Å²) >= 11 is -3.41. The van der Waals surface area contributed by atoms with Gasteiger partial charge in [0.15, 0.2) is 11.5 Å². The SMILES string of the molecule is CC1CCC(N2CCN(c3ccc(-c4nnc(-c5ccc(C(=O)NC6C[C@@H](O)CNC(=O)[C@@H]7[C@@H](O)[C@@H](C)CN7C(=O)[C@H]([C@H](O)CCNCC(CO)CO)NC(=O)[C@H]([C@H](O)Cc7ccc(O)c(OS(O)(O)O)c7)NC(=O)[C@@H]7C[C@@H](O)CN7C(=O)[C@H]([C@@H](C)O)NC6=O)cc5)s4)cc3)CC2)CC1. The number of phenols is 1. The van der Waals surface area contributed by atoms with Crippen molar-refractivity contribution in [2.24, 2.45) is 17.8 Å². The van der Waals surface area contributed by atoms with Crippen molar-refractivity contribution >= 4 is 69.5 Å². The van der Waals surface area contributed by atoms with Crippen molar-refractivity contribution in [2.45, 2.75) is 151 Å². The highest BCUT2D eigenvalue weighted by atomic mass is 32.3. The van der Waals surface area contributed by atoms with Gasteiger partial charge in [-0.1, -0.05) is 43.4 Å². The predicted molar refractivity (Wildman–Crippen MR) is 360 cm³/mol. The minimum absolute atomic E-state index is 0.0142. The van der Waals surface area contributed by atoms with Crippen molar-refractivity contribution in [3.63, 3.8) is 0 Å². The van der Waals surface area contributed by atoms with Crippen molar-refractivity contribution in [3.8, 4) is 32.6 Å². The lowest BCUT2D eigenvalue weighted by Gasteiger charge is -2.42. The highest BCUT2D eigenvalue weighted by Gasteiger charge is 2.50. The summed E-state index contributed by atoms with van der Waals surface area (Å²) in [6.45, 7) is 6.25. The third-order valence-electron chi connectivity index (χ3n) is 19.1. The normalized spacial score (nSPS) is 27.8.